The summed E-state index contributed by atoms with van der Waals surface area (Å²) in [5.74, 6) is -0.614. The number of ether oxygens (including phenoxy) is 2. The Kier molecular flexibility index (Phi) is 5.96. The van der Waals surface area contributed by atoms with Crippen LogP contribution in [0, 0.1) is 19.7 Å². The molecule has 1 aromatic heterocycles. The summed E-state index contributed by atoms with van der Waals surface area (Å²) in [6.45, 7) is 4.88. The number of hydrogen-bond acceptors (Lipinski definition) is 3. The lowest BCUT2D eigenvalue weighted by molar-refractivity contribution is 0.0918. The van der Waals surface area contributed by atoms with Gasteiger partial charge in [-0.3, -0.25) is 4.79 Å². The summed E-state index contributed by atoms with van der Waals surface area (Å²) in [6.07, 6.45) is 0. The van der Waals surface area contributed by atoms with Gasteiger partial charge in [-0.05, 0) is 38.1 Å². The van der Waals surface area contributed by atoms with Gasteiger partial charge in [0.25, 0.3) is 0 Å². The fourth-order valence-corrected chi connectivity index (χ4v) is 2.76. The fraction of sp³-hybridized carbons (Fsp3) is 0.353. The lowest BCUT2D eigenvalue weighted by Gasteiger charge is -2.09. The van der Waals surface area contributed by atoms with E-state index < -0.39 is 5.82 Å². The molecule has 0 saturated carbocycles. The molecule has 0 aliphatic rings. The maximum atomic E-state index is 13.7. The zero-order chi connectivity index (χ0) is 17.0. The molecule has 0 amide bonds. The third-order valence-corrected chi connectivity index (χ3v) is 4.14. The van der Waals surface area contributed by atoms with E-state index in [1.54, 1.807) is 13.2 Å². The molecule has 0 atom stereocenters. The van der Waals surface area contributed by atoms with Crippen LogP contribution in [0.5, 0.6) is 5.75 Å². The molecule has 2 rings (SSSR count). The number of aryl methyl sites for hydroxylation is 1. The van der Waals surface area contributed by atoms with E-state index in [9.17, 15) is 9.18 Å². The van der Waals surface area contributed by atoms with Crippen LogP contribution in [0.1, 0.15) is 21.7 Å². The number of rotatable bonds is 7. The third kappa shape index (κ3) is 4.20. The van der Waals surface area contributed by atoms with Gasteiger partial charge in [0.05, 0.1) is 6.61 Å². The molecule has 0 radical (unpaired) electrons. The number of methoxy groups -OCH3 is 1. The first-order valence-corrected chi connectivity index (χ1v) is 8.00. The van der Waals surface area contributed by atoms with Crippen LogP contribution in [0.25, 0.3) is 0 Å². The summed E-state index contributed by atoms with van der Waals surface area (Å²) in [7, 11) is 1.64. The van der Waals surface area contributed by atoms with E-state index in [4.69, 9.17) is 9.47 Å². The van der Waals surface area contributed by atoms with Crippen molar-refractivity contribution < 1.29 is 18.7 Å². The molecule has 124 valence electrons. The number of carbonyl (C=O) groups excluding carboxylic acids is 1. The molecule has 0 aliphatic carbocycles. The number of halogens is 2. The van der Waals surface area contributed by atoms with Crippen molar-refractivity contribution in [1.29, 1.82) is 0 Å². The van der Waals surface area contributed by atoms with Crippen molar-refractivity contribution in [3.8, 4) is 5.75 Å². The van der Waals surface area contributed by atoms with Gasteiger partial charge in [0.1, 0.15) is 0 Å². The predicted molar refractivity (Wildman–Crippen MR) is 89.7 cm³/mol. The highest BCUT2D eigenvalue weighted by atomic mass is 79.9. The summed E-state index contributed by atoms with van der Waals surface area (Å²) in [6, 6.07) is 6.29. The Labute approximate surface area is 143 Å². The average molecular weight is 384 g/mol. The third-order valence-electron chi connectivity index (χ3n) is 3.65. The Bertz CT molecular complexity index is 712. The summed E-state index contributed by atoms with van der Waals surface area (Å²) in [5.41, 5.74) is 2.44. The highest BCUT2D eigenvalue weighted by molar-refractivity contribution is 9.10. The van der Waals surface area contributed by atoms with Crippen molar-refractivity contribution in [2.75, 3.05) is 20.3 Å². The smallest absolute Gasteiger partial charge is 0.202 e. The molecule has 0 spiro atoms. The van der Waals surface area contributed by atoms with Crippen LogP contribution < -0.4 is 4.74 Å². The second-order valence-electron chi connectivity index (χ2n) is 5.22. The maximum Gasteiger partial charge on any atom is 0.202 e. The Morgan fingerprint density at radius 2 is 2.04 bits per heavy atom. The van der Waals surface area contributed by atoms with Gasteiger partial charge in [0.2, 0.25) is 5.78 Å². The Morgan fingerprint density at radius 1 is 1.30 bits per heavy atom. The SMILES string of the molecule is COCCn1c(C)cc(C(=O)COc2ccc(Br)cc2F)c1C. The second-order valence-corrected chi connectivity index (χ2v) is 6.13. The van der Waals surface area contributed by atoms with E-state index in [1.807, 2.05) is 24.5 Å². The van der Waals surface area contributed by atoms with Gasteiger partial charge in [0.15, 0.2) is 18.2 Å². The first-order valence-electron chi connectivity index (χ1n) is 7.20. The minimum absolute atomic E-state index is 0.0646. The van der Waals surface area contributed by atoms with Crippen molar-refractivity contribution in [1.82, 2.24) is 4.57 Å². The molecule has 0 aliphatic heterocycles. The van der Waals surface area contributed by atoms with E-state index in [0.29, 0.717) is 23.2 Å². The summed E-state index contributed by atoms with van der Waals surface area (Å²) in [4.78, 5) is 12.4. The van der Waals surface area contributed by atoms with E-state index in [2.05, 4.69) is 15.9 Å². The monoisotopic (exact) mass is 383 g/mol. The zero-order valence-electron chi connectivity index (χ0n) is 13.4. The minimum Gasteiger partial charge on any atom is -0.482 e. The molecule has 0 unspecified atom stereocenters. The van der Waals surface area contributed by atoms with Crippen LogP contribution in [-0.4, -0.2) is 30.7 Å². The second kappa shape index (κ2) is 7.75. The molecule has 1 heterocycles. The Hall–Kier alpha value is -1.66. The molecule has 0 saturated heterocycles. The molecule has 4 nitrogen and oxygen atoms in total. The van der Waals surface area contributed by atoms with Gasteiger partial charge in [-0.15, -0.1) is 0 Å². The molecular formula is C17H19BrFNO3. The van der Waals surface area contributed by atoms with Crippen LogP contribution in [0.2, 0.25) is 0 Å². The van der Waals surface area contributed by atoms with Crippen LogP contribution in [0.4, 0.5) is 4.39 Å². The van der Waals surface area contributed by atoms with E-state index in [1.165, 1.54) is 12.1 Å². The number of Topliss-reactive ketones (excluding diaryl/α,β-unsaturated/α-hetero) is 1. The summed E-state index contributed by atoms with van der Waals surface area (Å²) >= 11 is 3.18. The molecular weight excluding hydrogens is 365 g/mol. The molecule has 0 bridgehead atoms. The standard InChI is InChI=1S/C17H19BrFNO3/c1-11-8-14(12(2)20(11)6-7-22-3)16(21)10-23-17-5-4-13(18)9-15(17)19/h4-5,8-9H,6-7,10H2,1-3H3. The average Bonchev–Trinajstić information content (AvgIpc) is 2.79. The zero-order valence-corrected chi connectivity index (χ0v) is 14.9. The van der Waals surface area contributed by atoms with Crippen molar-refractivity contribution in [2.24, 2.45) is 0 Å². The summed E-state index contributed by atoms with van der Waals surface area (Å²) in [5, 5.41) is 0. The van der Waals surface area contributed by atoms with Crippen molar-refractivity contribution in [3.63, 3.8) is 0 Å². The van der Waals surface area contributed by atoms with Crippen LogP contribution in [0.3, 0.4) is 0 Å². The highest BCUT2D eigenvalue weighted by Gasteiger charge is 2.16. The van der Waals surface area contributed by atoms with E-state index in [0.717, 1.165) is 11.4 Å². The number of benzene rings is 1. The van der Waals surface area contributed by atoms with Gasteiger partial charge in [0, 0.05) is 35.1 Å². The normalized spacial score (nSPS) is 10.8. The number of carbonyl (C=O) groups is 1. The van der Waals surface area contributed by atoms with Gasteiger partial charge >= 0.3 is 0 Å². The highest BCUT2D eigenvalue weighted by Crippen LogP contribution is 2.22. The molecule has 2 aromatic rings. The number of hydrogen-bond donors (Lipinski definition) is 0. The summed E-state index contributed by atoms with van der Waals surface area (Å²) < 4.78 is 26.7. The number of aromatic nitrogens is 1. The number of ketones is 1. The van der Waals surface area contributed by atoms with Crippen LogP contribution in [-0.2, 0) is 11.3 Å². The van der Waals surface area contributed by atoms with Gasteiger partial charge < -0.3 is 14.0 Å². The van der Waals surface area contributed by atoms with E-state index >= 15 is 0 Å². The fourth-order valence-electron chi connectivity index (χ4n) is 2.42. The van der Waals surface area contributed by atoms with Gasteiger partial charge in [-0.2, -0.15) is 0 Å². The van der Waals surface area contributed by atoms with Crippen molar-refractivity contribution >= 4 is 21.7 Å². The Morgan fingerprint density at radius 3 is 2.70 bits per heavy atom. The first-order chi connectivity index (χ1) is 10.9. The largest absolute Gasteiger partial charge is 0.482 e. The molecule has 0 N–H and O–H groups in total. The predicted octanol–water partition coefficient (Wildman–Crippen LogP) is 3.91. The Balaban J connectivity index is 2.09. The lowest BCUT2D eigenvalue weighted by Crippen LogP contribution is -2.14. The molecule has 6 heteroatoms. The van der Waals surface area contributed by atoms with Crippen LogP contribution in [0.15, 0.2) is 28.7 Å². The molecule has 1 aromatic carbocycles. The van der Waals surface area contributed by atoms with Crippen molar-refractivity contribution in [3.05, 3.63) is 51.5 Å². The molecule has 23 heavy (non-hydrogen) atoms. The topological polar surface area (TPSA) is 40.5 Å². The van der Waals surface area contributed by atoms with Gasteiger partial charge in [-0.1, -0.05) is 15.9 Å². The van der Waals surface area contributed by atoms with E-state index in [-0.39, 0.29) is 18.1 Å². The first kappa shape index (κ1) is 17.7. The number of nitrogens with zero attached hydrogens (tertiary/aromatic N) is 1. The quantitative estimate of drug-likeness (QED) is 0.680. The lowest BCUT2D eigenvalue weighted by atomic mass is 10.1. The van der Waals surface area contributed by atoms with Crippen LogP contribution >= 0.6 is 15.9 Å². The maximum absolute atomic E-state index is 13.7. The van der Waals surface area contributed by atoms with Gasteiger partial charge in [-0.25, -0.2) is 4.39 Å². The minimum atomic E-state index is -0.502. The van der Waals surface area contributed by atoms with Crippen molar-refractivity contribution in [2.45, 2.75) is 20.4 Å². The molecule has 0 fully saturated rings.